The summed E-state index contributed by atoms with van der Waals surface area (Å²) in [5.74, 6) is 0.330. The van der Waals surface area contributed by atoms with Gasteiger partial charge in [-0.25, -0.2) is 8.42 Å². The normalized spacial score (nSPS) is 16.5. The maximum absolute atomic E-state index is 12.6. The second-order valence-electron chi connectivity index (χ2n) is 4.54. The molecule has 0 N–H and O–H groups in total. The van der Waals surface area contributed by atoms with Crippen LogP contribution >= 0.6 is 0 Å². The summed E-state index contributed by atoms with van der Waals surface area (Å²) in [4.78, 5) is 0.181. The highest BCUT2D eigenvalue weighted by Gasteiger charge is 2.33. The molecule has 2 aromatic heterocycles. The van der Waals surface area contributed by atoms with Crippen molar-refractivity contribution in [2.45, 2.75) is 31.8 Å². The Hall–Kier alpha value is -1.67. The number of aryl methyl sites for hydroxylation is 2. The van der Waals surface area contributed by atoms with Crippen molar-refractivity contribution < 1.29 is 12.9 Å². The van der Waals surface area contributed by atoms with Crippen LogP contribution in [0.3, 0.4) is 0 Å². The van der Waals surface area contributed by atoms with Crippen molar-refractivity contribution in [3.05, 3.63) is 29.4 Å². The first-order chi connectivity index (χ1) is 9.00. The van der Waals surface area contributed by atoms with Crippen molar-refractivity contribution >= 4 is 10.0 Å². The Morgan fingerprint density at radius 3 is 2.79 bits per heavy atom. The van der Waals surface area contributed by atoms with Crippen LogP contribution in [0.25, 0.3) is 0 Å². The van der Waals surface area contributed by atoms with Crippen molar-refractivity contribution in [3.63, 3.8) is 0 Å². The molecule has 8 heteroatoms. The van der Waals surface area contributed by atoms with Gasteiger partial charge in [-0.15, -0.1) is 0 Å². The van der Waals surface area contributed by atoms with E-state index in [2.05, 4.69) is 10.3 Å². The maximum Gasteiger partial charge on any atom is 0.248 e. The van der Waals surface area contributed by atoms with Crippen LogP contribution in [0.2, 0.25) is 0 Å². The highest BCUT2D eigenvalue weighted by atomic mass is 32.2. The minimum absolute atomic E-state index is 0.181. The molecule has 1 aliphatic rings. The van der Waals surface area contributed by atoms with Crippen molar-refractivity contribution in [2.24, 2.45) is 0 Å². The number of hydrogen-bond donors (Lipinski definition) is 0. The van der Waals surface area contributed by atoms with Crippen LogP contribution in [0, 0.1) is 13.8 Å². The Morgan fingerprint density at radius 2 is 2.11 bits per heavy atom. The molecule has 7 nitrogen and oxygen atoms in total. The zero-order valence-electron chi connectivity index (χ0n) is 10.7. The fourth-order valence-electron chi connectivity index (χ4n) is 2.34. The molecule has 0 atom stereocenters. The molecule has 0 aliphatic carbocycles. The highest BCUT2D eigenvalue weighted by molar-refractivity contribution is 7.89. The number of sulfonamides is 1. The van der Waals surface area contributed by atoms with E-state index in [1.165, 1.54) is 4.31 Å². The highest BCUT2D eigenvalue weighted by Crippen LogP contribution is 2.26. The Morgan fingerprint density at radius 1 is 1.32 bits per heavy atom. The lowest BCUT2D eigenvalue weighted by molar-refractivity contribution is 0.325. The molecule has 102 valence electrons. The zero-order valence-corrected chi connectivity index (χ0v) is 11.5. The van der Waals surface area contributed by atoms with E-state index in [9.17, 15) is 8.42 Å². The molecular formula is C11H14N4O3S. The summed E-state index contributed by atoms with van der Waals surface area (Å²) in [7, 11) is -3.56. The molecule has 3 rings (SSSR count). The van der Waals surface area contributed by atoms with Crippen LogP contribution < -0.4 is 0 Å². The SMILES string of the molecule is Cc1noc(C)c1S(=O)(=O)N1CCn2nccc2C1. The van der Waals surface area contributed by atoms with E-state index < -0.39 is 10.0 Å². The van der Waals surface area contributed by atoms with Crippen molar-refractivity contribution in [3.8, 4) is 0 Å². The van der Waals surface area contributed by atoms with Gasteiger partial charge in [-0.1, -0.05) is 5.16 Å². The Labute approximate surface area is 110 Å². The molecule has 0 aromatic carbocycles. The molecule has 0 spiro atoms. The lowest BCUT2D eigenvalue weighted by Crippen LogP contribution is -2.38. The van der Waals surface area contributed by atoms with E-state index in [0.29, 0.717) is 31.1 Å². The molecule has 2 aromatic rings. The van der Waals surface area contributed by atoms with Crippen LogP contribution in [0.4, 0.5) is 0 Å². The van der Waals surface area contributed by atoms with Crippen LogP contribution in [0.15, 0.2) is 21.7 Å². The summed E-state index contributed by atoms with van der Waals surface area (Å²) in [5.41, 5.74) is 1.29. The first kappa shape index (κ1) is 12.4. The van der Waals surface area contributed by atoms with Gasteiger partial charge in [-0.3, -0.25) is 4.68 Å². The van der Waals surface area contributed by atoms with E-state index in [4.69, 9.17) is 4.52 Å². The third kappa shape index (κ3) is 1.87. The molecule has 0 amide bonds. The van der Waals surface area contributed by atoms with Crippen molar-refractivity contribution in [1.29, 1.82) is 0 Å². The summed E-state index contributed by atoms with van der Waals surface area (Å²) in [6.07, 6.45) is 1.68. The third-order valence-electron chi connectivity index (χ3n) is 3.27. The molecule has 0 unspecified atom stereocenters. The molecule has 0 saturated heterocycles. The van der Waals surface area contributed by atoms with Crippen LogP contribution in [-0.4, -0.2) is 34.2 Å². The summed E-state index contributed by atoms with van der Waals surface area (Å²) < 4.78 is 33.4. The largest absolute Gasteiger partial charge is 0.360 e. The smallest absolute Gasteiger partial charge is 0.248 e. The molecule has 0 fully saturated rings. The molecule has 3 heterocycles. The standard InChI is InChI=1S/C11H14N4O3S/c1-8-11(9(2)18-13-8)19(16,17)14-5-6-15-10(7-14)3-4-12-15/h3-4H,5-7H2,1-2H3. The van der Waals surface area contributed by atoms with Gasteiger partial charge < -0.3 is 4.52 Å². The van der Waals surface area contributed by atoms with Gasteiger partial charge in [-0.2, -0.15) is 9.40 Å². The molecule has 0 bridgehead atoms. The van der Waals surface area contributed by atoms with E-state index in [0.717, 1.165) is 5.69 Å². The minimum Gasteiger partial charge on any atom is -0.360 e. The predicted molar refractivity (Wildman–Crippen MR) is 65.8 cm³/mol. The summed E-state index contributed by atoms with van der Waals surface area (Å²) >= 11 is 0. The van der Waals surface area contributed by atoms with Gasteiger partial charge >= 0.3 is 0 Å². The van der Waals surface area contributed by atoms with Crippen LogP contribution in [0.5, 0.6) is 0 Å². The number of hydrogen-bond acceptors (Lipinski definition) is 5. The molecule has 0 radical (unpaired) electrons. The Bertz CT molecular complexity index is 697. The van der Waals surface area contributed by atoms with Gasteiger partial charge in [0.25, 0.3) is 0 Å². The predicted octanol–water partition coefficient (Wildman–Crippen LogP) is 0.692. The number of rotatable bonds is 2. The summed E-state index contributed by atoms with van der Waals surface area (Å²) in [5, 5.41) is 7.85. The average molecular weight is 282 g/mol. The van der Waals surface area contributed by atoms with E-state index in [-0.39, 0.29) is 4.90 Å². The fraction of sp³-hybridized carbons (Fsp3) is 0.455. The maximum atomic E-state index is 12.6. The second kappa shape index (κ2) is 4.17. The molecule has 1 aliphatic heterocycles. The monoisotopic (exact) mass is 282 g/mol. The van der Waals surface area contributed by atoms with E-state index >= 15 is 0 Å². The summed E-state index contributed by atoms with van der Waals surface area (Å²) in [6, 6.07) is 1.83. The number of nitrogens with zero attached hydrogens (tertiary/aromatic N) is 4. The van der Waals surface area contributed by atoms with Crippen molar-refractivity contribution in [1.82, 2.24) is 19.2 Å². The average Bonchev–Trinajstić information content (AvgIpc) is 2.95. The number of aromatic nitrogens is 3. The van der Waals surface area contributed by atoms with Gasteiger partial charge in [-0.05, 0) is 19.9 Å². The van der Waals surface area contributed by atoms with Gasteiger partial charge in [0.1, 0.15) is 10.6 Å². The fourth-order valence-corrected chi connectivity index (χ4v) is 4.03. The van der Waals surface area contributed by atoms with Crippen LogP contribution in [-0.2, 0) is 23.1 Å². The van der Waals surface area contributed by atoms with E-state index in [1.807, 2.05) is 10.7 Å². The van der Waals surface area contributed by atoms with Gasteiger partial charge in [0, 0.05) is 12.7 Å². The van der Waals surface area contributed by atoms with Crippen molar-refractivity contribution in [2.75, 3.05) is 6.54 Å². The lowest BCUT2D eigenvalue weighted by Gasteiger charge is -2.26. The number of fused-ring (bicyclic) bond motifs is 1. The Kier molecular flexibility index (Phi) is 2.72. The zero-order chi connectivity index (χ0) is 13.6. The van der Waals surface area contributed by atoms with Crippen LogP contribution in [0.1, 0.15) is 17.1 Å². The topological polar surface area (TPSA) is 81.2 Å². The Balaban J connectivity index is 1.99. The third-order valence-corrected chi connectivity index (χ3v) is 5.36. The minimum atomic E-state index is -3.56. The quantitative estimate of drug-likeness (QED) is 0.809. The second-order valence-corrected chi connectivity index (χ2v) is 6.41. The molecule has 19 heavy (non-hydrogen) atoms. The lowest BCUT2D eigenvalue weighted by atomic mass is 10.3. The summed E-state index contributed by atoms with van der Waals surface area (Å²) in [6.45, 7) is 4.54. The first-order valence-corrected chi connectivity index (χ1v) is 7.38. The molecule has 0 saturated carbocycles. The van der Waals surface area contributed by atoms with Gasteiger partial charge in [0.15, 0.2) is 5.76 Å². The van der Waals surface area contributed by atoms with E-state index in [1.54, 1.807) is 20.0 Å². The van der Waals surface area contributed by atoms with Gasteiger partial charge in [0.2, 0.25) is 10.0 Å². The first-order valence-electron chi connectivity index (χ1n) is 5.94. The van der Waals surface area contributed by atoms with Gasteiger partial charge in [0.05, 0.1) is 18.8 Å². The molecular weight excluding hydrogens is 268 g/mol.